The number of carbonyl (C=O) groups excluding carboxylic acids is 1. The van der Waals surface area contributed by atoms with Gasteiger partial charge in [-0.25, -0.2) is 4.98 Å². The van der Waals surface area contributed by atoms with Crippen molar-refractivity contribution in [2.24, 2.45) is 5.92 Å². The Balaban J connectivity index is 1.44. The number of aromatic nitrogens is 4. The molecule has 1 saturated carbocycles. The molecule has 34 heavy (non-hydrogen) atoms. The minimum Gasteiger partial charge on any atom is -0.497 e. The van der Waals surface area contributed by atoms with Crippen LogP contribution in [0.4, 0.5) is 5.13 Å². The molecule has 1 amide bonds. The molecule has 3 aromatic heterocycles. The molecular weight excluding hydrogens is 446 g/mol. The average Bonchev–Trinajstić information content (AvgIpc) is 3.61. The number of nitrogens with one attached hydrogen (secondary N) is 1. The molecule has 7 nitrogen and oxygen atoms in total. The van der Waals surface area contributed by atoms with E-state index in [9.17, 15) is 4.79 Å². The van der Waals surface area contributed by atoms with E-state index in [2.05, 4.69) is 15.2 Å². The molecule has 1 aliphatic heterocycles. The summed E-state index contributed by atoms with van der Waals surface area (Å²) in [5.74, 6) is 1.11. The van der Waals surface area contributed by atoms with Gasteiger partial charge in [-0.2, -0.15) is 5.10 Å². The number of nitrogens with zero attached hydrogens (tertiary/aromatic N) is 4. The monoisotopic (exact) mass is 471 g/mol. The molecule has 4 aromatic rings. The second-order valence-electron chi connectivity index (χ2n) is 8.84. The van der Waals surface area contributed by atoms with Crippen molar-refractivity contribution in [2.75, 3.05) is 12.0 Å². The highest BCUT2D eigenvalue weighted by atomic mass is 32.1. The van der Waals surface area contributed by atoms with Crippen molar-refractivity contribution in [1.82, 2.24) is 20.2 Å². The summed E-state index contributed by atoms with van der Waals surface area (Å²) in [6, 6.07) is 13.6. The van der Waals surface area contributed by atoms with Gasteiger partial charge in [-0.05, 0) is 55.2 Å². The number of ether oxygens (including phenoxy) is 1. The zero-order valence-electron chi connectivity index (χ0n) is 18.9. The number of methoxy groups -OCH3 is 1. The van der Waals surface area contributed by atoms with E-state index in [0.717, 1.165) is 46.8 Å². The lowest BCUT2D eigenvalue weighted by Crippen LogP contribution is -2.33. The van der Waals surface area contributed by atoms with Gasteiger partial charge < -0.3 is 4.74 Å². The Morgan fingerprint density at radius 3 is 2.62 bits per heavy atom. The van der Waals surface area contributed by atoms with Crippen molar-refractivity contribution >= 4 is 22.4 Å². The minimum absolute atomic E-state index is 0.0558. The van der Waals surface area contributed by atoms with E-state index in [-0.39, 0.29) is 11.9 Å². The topological polar surface area (TPSA) is 84.0 Å². The summed E-state index contributed by atoms with van der Waals surface area (Å²) in [7, 11) is 1.66. The Kier molecular flexibility index (Phi) is 5.37. The molecule has 0 saturated heterocycles. The number of benzene rings is 1. The van der Waals surface area contributed by atoms with Gasteiger partial charge >= 0.3 is 0 Å². The standard InChI is InChI=1S/C26H25N5O2S/c1-33-18-12-10-16(11-13-18)22-21-23(30-29-22)25(32)31(24(21)17-7-3-2-4-8-17)26-28-20(15-34-26)19-9-5-6-14-27-19/h5-6,9-15,17,24H,2-4,7-8H2,1H3,(H,29,30). The molecule has 8 heteroatoms. The van der Waals surface area contributed by atoms with E-state index >= 15 is 0 Å². The van der Waals surface area contributed by atoms with Crippen LogP contribution in [-0.2, 0) is 0 Å². The lowest BCUT2D eigenvalue weighted by Gasteiger charge is -2.33. The Labute approximate surface area is 201 Å². The van der Waals surface area contributed by atoms with E-state index in [4.69, 9.17) is 9.72 Å². The Morgan fingerprint density at radius 1 is 1.06 bits per heavy atom. The first-order chi connectivity index (χ1) is 16.7. The minimum atomic E-state index is -0.0821. The van der Waals surface area contributed by atoms with Crippen LogP contribution in [0.5, 0.6) is 5.75 Å². The summed E-state index contributed by atoms with van der Waals surface area (Å²) in [6.45, 7) is 0. The average molecular weight is 472 g/mol. The normalized spacial score (nSPS) is 18.3. The van der Waals surface area contributed by atoms with Crippen LogP contribution in [-0.4, -0.2) is 33.2 Å². The molecule has 2 aliphatic rings. The molecule has 4 heterocycles. The van der Waals surface area contributed by atoms with E-state index in [0.29, 0.717) is 16.7 Å². The SMILES string of the molecule is COc1ccc(-c2n[nH]c3c2C(C2CCCCC2)N(c2nc(-c4ccccn4)cs2)C3=O)cc1. The van der Waals surface area contributed by atoms with Crippen molar-refractivity contribution in [3.63, 3.8) is 0 Å². The van der Waals surface area contributed by atoms with E-state index in [1.165, 1.54) is 30.6 Å². The summed E-state index contributed by atoms with van der Waals surface area (Å²) >= 11 is 1.50. The zero-order chi connectivity index (χ0) is 23.1. The van der Waals surface area contributed by atoms with Crippen LogP contribution in [0.2, 0.25) is 0 Å². The highest BCUT2D eigenvalue weighted by molar-refractivity contribution is 7.14. The Bertz CT molecular complexity index is 1310. The van der Waals surface area contributed by atoms with Crippen molar-refractivity contribution in [1.29, 1.82) is 0 Å². The van der Waals surface area contributed by atoms with Crippen molar-refractivity contribution in [2.45, 2.75) is 38.1 Å². The number of aromatic amines is 1. The van der Waals surface area contributed by atoms with Crippen LogP contribution in [0.15, 0.2) is 54.0 Å². The summed E-state index contributed by atoms with van der Waals surface area (Å²) in [5.41, 5.74) is 4.99. The van der Waals surface area contributed by atoms with Gasteiger partial charge in [-0.3, -0.25) is 19.8 Å². The number of anilines is 1. The summed E-state index contributed by atoms with van der Waals surface area (Å²) in [5, 5.41) is 10.4. The maximum absolute atomic E-state index is 13.7. The molecule has 1 aliphatic carbocycles. The molecule has 172 valence electrons. The molecule has 0 bridgehead atoms. The number of carbonyl (C=O) groups is 1. The van der Waals surface area contributed by atoms with Gasteiger partial charge in [0.25, 0.3) is 5.91 Å². The van der Waals surface area contributed by atoms with E-state index < -0.39 is 0 Å². The Hall–Kier alpha value is -3.52. The second kappa shape index (κ2) is 8.68. The van der Waals surface area contributed by atoms with E-state index in [1.54, 1.807) is 13.3 Å². The highest BCUT2D eigenvalue weighted by Gasteiger charge is 2.47. The molecule has 0 radical (unpaired) electrons. The number of hydrogen-bond acceptors (Lipinski definition) is 6. The van der Waals surface area contributed by atoms with Gasteiger partial charge in [-0.15, -0.1) is 11.3 Å². The lowest BCUT2D eigenvalue weighted by molar-refractivity contribution is 0.0977. The predicted octanol–water partition coefficient (Wildman–Crippen LogP) is 5.89. The quantitative estimate of drug-likeness (QED) is 0.393. The largest absolute Gasteiger partial charge is 0.497 e. The van der Waals surface area contributed by atoms with Crippen LogP contribution in [0.1, 0.15) is 54.2 Å². The molecule has 0 spiro atoms. The maximum Gasteiger partial charge on any atom is 0.279 e. The molecule has 1 fully saturated rings. The summed E-state index contributed by atoms with van der Waals surface area (Å²) in [6.07, 6.45) is 7.58. The first-order valence-corrected chi connectivity index (χ1v) is 12.6. The van der Waals surface area contributed by atoms with Crippen LogP contribution in [0, 0.1) is 5.92 Å². The number of rotatable bonds is 5. The van der Waals surface area contributed by atoms with Gasteiger partial charge in [0.2, 0.25) is 0 Å². The number of pyridine rings is 1. The van der Waals surface area contributed by atoms with E-state index in [1.807, 2.05) is 52.7 Å². The smallest absolute Gasteiger partial charge is 0.279 e. The third-order valence-corrected chi connectivity index (χ3v) is 7.74. The fraction of sp³-hybridized carbons (Fsp3) is 0.308. The van der Waals surface area contributed by atoms with Gasteiger partial charge in [0, 0.05) is 22.7 Å². The number of fused-ring (bicyclic) bond motifs is 1. The highest BCUT2D eigenvalue weighted by Crippen LogP contribution is 2.49. The van der Waals surface area contributed by atoms with Crippen LogP contribution in [0.25, 0.3) is 22.6 Å². The number of amides is 1. The van der Waals surface area contributed by atoms with Crippen molar-refractivity contribution in [3.05, 3.63) is 65.3 Å². The first-order valence-electron chi connectivity index (χ1n) is 11.7. The third kappa shape index (κ3) is 3.49. The number of hydrogen-bond donors (Lipinski definition) is 1. The molecule has 1 N–H and O–H groups in total. The molecule has 1 unspecified atom stereocenters. The first kappa shape index (κ1) is 21.0. The van der Waals surface area contributed by atoms with Gasteiger partial charge in [0.05, 0.1) is 24.5 Å². The Morgan fingerprint density at radius 2 is 1.88 bits per heavy atom. The lowest BCUT2D eigenvalue weighted by atomic mass is 9.81. The predicted molar refractivity (Wildman–Crippen MR) is 132 cm³/mol. The maximum atomic E-state index is 13.7. The number of thiazole rings is 1. The zero-order valence-corrected chi connectivity index (χ0v) is 19.7. The summed E-state index contributed by atoms with van der Waals surface area (Å²) < 4.78 is 5.32. The van der Waals surface area contributed by atoms with Crippen molar-refractivity contribution < 1.29 is 9.53 Å². The third-order valence-electron chi connectivity index (χ3n) is 6.90. The van der Waals surface area contributed by atoms with Gasteiger partial charge in [-0.1, -0.05) is 25.3 Å². The molecule has 1 atom stereocenters. The molecular formula is C26H25N5O2S. The van der Waals surface area contributed by atoms with Crippen LogP contribution >= 0.6 is 11.3 Å². The fourth-order valence-electron chi connectivity index (χ4n) is 5.26. The van der Waals surface area contributed by atoms with Gasteiger partial charge in [0.1, 0.15) is 17.1 Å². The van der Waals surface area contributed by atoms with Crippen LogP contribution < -0.4 is 9.64 Å². The number of H-pyrrole nitrogens is 1. The molecule has 6 rings (SSSR count). The second-order valence-corrected chi connectivity index (χ2v) is 9.67. The summed E-state index contributed by atoms with van der Waals surface area (Å²) in [4.78, 5) is 24.9. The molecule has 1 aromatic carbocycles. The fourth-order valence-corrected chi connectivity index (χ4v) is 6.11. The van der Waals surface area contributed by atoms with Gasteiger partial charge in [0.15, 0.2) is 5.13 Å². The van der Waals surface area contributed by atoms with Crippen molar-refractivity contribution in [3.8, 4) is 28.4 Å². The van der Waals surface area contributed by atoms with Crippen LogP contribution in [0.3, 0.4) is 0 Å².